The second-order valence-corrected chi connectivity index (χ2v) is 5.57. The zero-order chi connectivity index (χ0) is 17.8. The third-order valence-corrected chi connectivity index (χ3v) is 3.83. The molecule has 0 radical (unpaired) electrons. The van der Waals surface area contributed by atoms with Crippen molar-refractivity contribution in [2.45, 2.75) is 19.9 Å². The van der Waals surface area contributed by atoms with Gasteiger partial charge < -0.3 is 14.3 Å². The maximum Gasteiger partial charge on any atom is 0.308 e. The van der Waals surface area contributed by atoms with E-state index in [-0.39, 0.29) is 6.42 Å². The van der Waals surface area contributed by atoms with Gasteiger partial charge in [0.15, 0.2) is 0 Å². The summed E-state index contributed by atoms with van der Waals surface area (Å²) in [7, 11) is 1.62. The van der Waals surface area contributed by atoms with Crippen LogP contribution in [0.3, 0.4) is 0 Å². The van der Waals surface area contributed by atoms with E-state index < -0.39 is 5.97 Å². The zero-order valence-corrected chi connectivity index (χ0v) is 14.1. The number of carbonyl (C=O) groups excluding carboxylic acids is 2. The lowest BCUT2D eigenvalue weighted by Crippen LogP contribution is -2.03. The summed E-state index contributed by atoms with van der Waals surface area (Å²) in [5.74, 6) is 0.795. The second-order valence-electron chi connectivity index (χ2n) is 5.57. The molecule has 0 aliphatic heterocycles. The molecule has 0 amide bonds. The largest absolute Gasteiger partial charge is 0.497 e. The number of benzene rings is 2. The van der Waals surface area contributed by atoms with Gasteiger partial charge in [-0.2, -0.15) is 5.10 Å². The van der Waals surface area contributed by atoms with Crippen LogP contribution in [0.1, 0.15) is 18.2 Å². The van der Waals surface area contributed by atoms with Gasteiger partial charge in [-0.15, -0.1) is 0 Å². The molecule has 1 heterocycles. The molecule has 0 saturated carbocycles. The predicted octanol–water partition coefficient (Wildman–Crippen LogP) is 2.76. The molecule has 0 spiro atoms. The van der Waals surface area contributed by atoms with Gasteiger partial charge in [0, 0.05) is 13.3 Å². The molecular weight excluding hydrogens is 320 g/mol. The number of aldehydes is 1. The highest BCUT2D eigenvalue weighted by atomic mass is 16.5. The standard InChI is InChI=1S/C19H18N2O4/c1-13(23)25-18-5-3-4-17-19(18)16(10-11-22)20-21(17)12-14-6-8-15(24-2)9-7-14/h3-9,11H,10,12H2,1-2H3. The van der Waals surface area contributed by atoms with Gasteiger partial charge in [0.05, 0.1) is 30.3 Å². The molecule has 25 heavy (non-hydrogen) atoms. The summed E-state index contributed by atoms with van der Waals surface area (Å²) in [5.41, 5.74) is 2.45. The van der Waals surface area contributed by atoms with E-state index in [1.165, 1.54) is 6.92 Å². The van der Waals surface area contributed by atoms with E-state index in [1.807, 2.05) is 35.0 Å². The van der Waals surface area contributed by atoms with Gasteiger partial charge in [-0.3, -0.25) is 9.48 Å². The molecule has 0 aliphatic carbocycles. The molecule has 3 aromatic rings. The first-order valence-electron chi connectivity index (χ1n) is 7.85. The maximum absolute atomic E-state index is 11.4. The molecule has 0 aliphatic rings. The van der Waals surface area contributed by atoms with Gasteiger partial charge in [0.1, 0.15) is 17.8 Å². The number of carbonyl (C=O) groups is 2. The molecule has 0 N–H and O–H groups in total. The van der Waals surface area contributed by atoms with Crippen molar-refractivity contribution in [2.24, 2.45) is 0 Å². The van der Waals surface area contributed by atoms with Crippen LogP contribution in [0.15, 0.2) is 42.5 Å². The number of methoxy groups -OCH3 is 1. The first-order valence-corrected chi connectivity index (χ1v) is 7.85. The van der Waals surface area contributed by atoms with Gasteiger partial charge in [0.2, 0.25) is 0 Å². The molecule has 6 heteroatoms. The number of nitrogens with zero attached hydrogens (tertiary/aromatic N) is 2. The zero-order valence-electron chi connectivity index (χ0n) is 14.1. The number of aromatic nitrogens is 2. The van der Waals surface area contributed by atoms with Gasteiger partial charge in [0.25, 0.3) is 0 Å². The Morgan fingerprint density at radius 1 is 1.20 bits per heavy atom. The average Bonchev–Trinajstić information content (AvgIpc) is 2.94. The third kappa shape index (κ3) is 3.52. The molecule has 3 rings (SSSR count). The molecule has 0 fully saturated rings. The fourth-order valence-corrected chi connectivity index (χ4v) is 2.76. The summed E-state index contributed by atoms with van der Waals surface area (Å²) in [4.78, 5) is 22.4. The predicted molar refractivity (Wildman–Crippen MR) is 92.9 cm³/mol. The summed E-state index contributed by atoms with van der Waals surface area (Å²) >= 11 is 0. The summed E-state index contributed by atoms with van der Waals surface area (Å²) in [6, 6.07) is 13.1. The molecule has 128 valence electrons. The lowest BCUT2D eigenvalue weighted by atomic mass is 10.1. The number of hydrogen-bond donors (Lipinski definition) is 0. The van der Waals surface area contributed by atoms with Crippen LogP contribution < -0.4 is 9.47 Å². The Morgan fingerprint density at radius 3 is 2.60 bits per heavy atom. The van der Waals surface area contributed by atoms with Crippen LogP contribution in [-0.2, 0) is 22.6 Å². The van der Waals surface area contributed by atoms with E-state index in [1.54, 1.807) is 19.2 Å². The first-order chi connectivity index (χ1) is 12.1. The first kappa shape index (κ1) is 16.7. The smallest absolute Gasteiger partial charge is 0.308 e. The van der Waals surface area contributed by atoms with Crippen LogP contribution in [0.25, 0.3) is 10.9 Å². The quantitative estimate of drug-likeness (QED) is 0.393. The number of hydrogen-bond acceptors (Lipinski definition) is 5. The Kier molecular flexibility index (Phi) is 4.79. The van der Waals surface area contributed by atoms with Crippen molar-refractivity contribution < 1.29 is 19.1 Å². The van der Waals surface area contributed by atoms with Crippen LogP contribution in [0.4, 0.5) is 0 Å². The van der Waals surface area contributed by atoms with Gasteiger partial charge in [-0.25, -0.2) is 0 Å². The number of fused-ring (bicyclic) bond motifs is 1. The minimum atomic E-state index is -0.410. The lowest BCUT2D eigenvalue weighted by Gasteiger charge is -2.06. The van der Waals surface area contributed by atoms with E-state index in [0.717, 1.165) is 23.1 Å². The van der Waals surface area contributed by atoms with Crippen LogP contribution in [0.2, 0.25) is 0 Å². The molecule has 0 unspecified atom stereocenters. The molecule has 1 aromatic heterocycles. The van der Waals surface area contributed by atoms with Crippen molar-refractivity contribution in [1.82, 2.24) is 9.78 Å². The van der Waals surface area contributed by atoms with Crippen molar-refractivity contribution in [3.05, 3.63) is 53.7 Å². The monoisotopic (exact) mass is 338 g/mol. The highest BCUT2D eigenvalue weighted by Gasteiger charge is 2.16. The Labute approximate surface area is 145 Å². The van der Waals surface area contributed by atoms with E-state index in [9.17, 15) is 9.59 Å². The van der Waals surface area contributed by atoms with E-state index in [4.69, 9.17) is 9.47 Å². The minimum absolute atomic E-state index is 0.157. The fraction of sp³-hybridized carbons (Fsp3) is 0.211. The van der Waals surface area contributed by atoms with Crippen molar-refractivity contribution in [3.8, 4) is 11.5 Å². The number of rotatable bonds is 6. The van der Waals surface area contributed by atoms with E-state index in [2.05, 4.69) is 5.10 Å². The Hall–Kier alpha value is -3.15. The Balaban J connectivity index is 2.05. The summed E-state index contributed by atoms with van der Waals surface area (Å²) in [6.07, 6.45) is 0.953. The van der Waals surface area contributed by atoms with E-state index in [0.29, 0.717) is 23.4 Å². The third-order valence-electron chi connectivity index (χ3n) is 3.83. The molecule has 0 bridgehead atoms. The highest BCUT2D eigenvalue weighted by Crippen LogP contribution is 2.30. The van der Waals surface area contributed by atoms with Gasteiger partial charge in [-0.05, 0) is 29.8 Å². The average molecular weight is 338 g/mol. The maximum atomic E-state index is 11.4. The molecule has 6 nitrogen and oxygen atoms in total. The SMILES string of the molecule is COc1ccc(Cn2nc(CC=O)c3c(OC(C)=O)cccc32)cc1. The lowest BCUT2D eigenvalue weighted by molar-refractivity contribution is -0.131. The number of ether oxygens (including phenoxy) is 2. The molecule has 0 saturated heterocycles. The van der Waals surface area contributed by atoms with Crippen LogP contribution in [0.5, 0.6) is 11.5 Å². The molecule has 0 atom stereocenters. The topological polar surface area (TPSA) is 70.4 Å². The fourth-order valence-electron chi connectivity index (χ4n) is 2.76. The Bertz CT molecular complexity index is 913. The van der Waals surface area contributed by atoms with Crippen LogP contribution >= 0.6 is 0 Å². The summed E-state index contributed by atoms with van der Waals surface area (Å²) < 4.78 is 12.3. The van der Waals surface area contributed by atoms with Crippen molar-refractivity contribution >= 4 is 23.2 Å². The minimum Gasteiger partial charge on any atom is -0.497 e. The second kappa shape index (κ2) is 7.17. The van der Waals surface area contributed by atoms with Crippen molar-refractivity contribution in [3.63, 3.8) is 0 Å². The van der Waals surface area contributed by atoms with E-state index >= 15 is 0 Å². The Morgan fingerprint density at radius 2 is 1.96 bits per heavy atom. The normalized spacial score (nSPS) is 10.6. The molecule has 2 aromatic carbocycles. The van der Waals surface area contributed by atoms with Crippen molar-refractivity contribution in [2.75, 3.05) is 7.11 Å². The van der Waals surface area contributed by atoms with Crippen LogP contribution in [0, 0.1) is 0 Å². The highest BCUT2D eigenvalue weighted by molar-refractivity contribution is 5.91. The van der Waals surface area contributed by atoms with Crippen LogP contribution in [-0.4, -0.2) is 29.1 Å². The summed E-state index contributed by atoms with van der Waals surface area (Å²) in [5, 5.41) is 5.24. The molecular formula is C19H18N2O4. The number of esters is 1. The van der Waals surface area contributed by atoms with Gasteiger partial charge in [-0.1, -0.05) is 18.2 Å². The van der Waals surface area contributed by atoms with Gasteiger partial charge >= 0.3 is 5.97 Å². The van der Waals surface area contributed by atoms with Crippen molar-refractivity contribution in [1.29, 1.82) is 0 Å². The summed E-state index contributed by atoms with van der Waals surface area (Å²) in [6.45, 7) is 1.88.